The van der Waals surface area contributed by atoms with E-state index in [1.165, 1.54) is 47.7 Å². The van der Waals surface area contributed by atoms with Crippen molar-refractivity contribution in [2.45, 2.75) is 0 Å². The zero-order chi connectivity index (χ0) is 37.5. The summed E-state index contributed by atoms with van der Waals surface area (Å²) in [5, 5.41) is 7.16. The normalized spacial score (nSPS) is 11.9. The molecule has 6 heteroatoms. The highest BCUT2D eigenvalue weighted by atomic mass is 32.1. The van der Waals surface area contributed by atoms with Crippen LogP contribution in [0, 0.1) is 0 Å². The minimum Gasteiger partial charge on any atom is -0.455 e. The molecule has 0 atom stereocenters. The summed E-state index contributed by atoms with van der Waals surface area (Å²) in [6.45, 7) is 0. The Balaban J connectivity index is 0.950. The van der Waals surface area contributed by atoms with Gasteiger partial charge in [0.15, 0.2) is 17.5 Å². The van der Waals surface area contributed by atoms with Crippen LogP contribution >= 0.6 is 11.3 Å². The van der Waals surface area contributed by atoms with Crippen LogP contribution in [0.4, 0.5) is 0 Å². The van der Waals surface area contributed by atoms with E-state index in [0.717, 1.165) is 49.8 Å². The quantitative estimate of drug-likeness (QED) is 0.176. The van der Waals surface area contributed by atoms with Crippen LogP contribution in [0.15, 0.2) is 186 Å². The highest BCUT2D eigenvalue weighted by Gasteiger charge is 2.19. The number of benzene rings is 8. The summed E-state index contributed by atoms with van der Waals surface area (Å²) in [6.07, 6.45) is 0. The van der Waals surface area contributed by atoms with Gasteiger partial charge in [-0.05, 0) is 59.7 Å². The second-order valence-electron chi connectivity index (χ2n) is 14.4. The van der Waals surface area contributed by atoms with Gasteiger partial charge < -0.3 is 8.98 Å². The first-order valence-electron chi connectivity index (χ1n) is 19.0. The van der Waals surface area contributed by atoms with E-state index < -0.39 is 0 Å². The van der Waals surface area contributed by atoms with Crippen molar-refractivity contribution in [1.29, 1.82) is 0 Å². The van der Waals surface area contributed by atoms with Gasteiger partial charge in [-0.1, -0.05) is 133 Å². The number of hydrogen-bond acceptors (Lipinski definition) is 5. The Labute approximate surface area is 330 Å². The van der Waals surface area contributed by atoms with Crippen molar-refractivity contribution in [3.63, 3.8) is 0 Å². The number of nitrogens with zero attached hydrogens (tertiary/aromatic N) is 4. The molecular weight excluding hydrogens is 717 g/mol. The van der Waals surface area contributed by atoms with Crippen molar-refractivity contribution >= 4 is 75.3 Å². The van der Waals surface area contributed by atoms with Gasteiger partial charge in [-0.25, -0.2) is 15.0 Å². The summed E-state index contributed by atoms with van der Waals surface area (Å²) >= 11 is 1.84. The van der Waals surface area contributed by atoms with Gasteiger partial charge in [0.1, 0.15) is 11.2 Å². The van der Waals surface area contributed by atoms with E-state index in [0.29, 0.717) is 17.5 Å². The number of furan rings is 1. The molecule has 4 heterocycles. The number of para-hydroxylation sites is 3. The van der Waals surface area contributed by atoms with Crippen LogP contribution in [0.1, 0.15) is 0 Å². The molecule has 5 nitrogen and oxygen atoms in total. The van der Waals surface area contributed by atoms with Crippen molar-refractivity contribution in [3.05, 3.63) is 182 Å². The average molecular weight is 747 g/mol. The summed E-state index contributed by atoms with van der Waals surface area (Å²) < 4.78 is 11.7. The third-order valence-electron chi connectivity index (χ3n) is 11.1. The highest BCUT2D eigenvalue weighted by Crippen LogP contribution is 2.41. The largest absolute Gasteiger partial charge is 0.455 e. The second-order valence-corrected chi connectivity index (χ2v) is 15.5. The Kier molecular flexibility index (Phi) is 7.03. The van der Waals surface area contributed by atoms with Crippen LogP contribution in [0.2, 0.25) is 0 Å². The number of rotatable bonds is 5. The monoisotopic (exact) mass is 746 g/mol. The fourth-order valence-corrected chi connectivity index (χ4v) is 9.55. The van der Waals surface area contributed by atoms with Gasteiger partial charge in [0.05, 0.1) is 16.6 Å². The summed E-state index contributed by atoms with van der Waals surface area (Å²) in [5.74, 6) is 1.81. The van der Waals surface area contributed by atoms with Gasteiger partial charge in [0.25, 0.3) is 0 Å². The van der Waals surface area contributed by atoms with Gasteiger partial charge in [-0.2, -0.15) is 0 Å². The summed E-state index contributed by atoms with van der Waals surface area (Å²) in [4.78, 5) is 14.9. The second kappa shape index (κ2) is 12.6. The molecule has 0 radical (unpaired) electrons. The molecule has 0 aliphatic rings. The molecule has 0 bridgehead atoms. The molecule has 12 rings (SSSR count). The molecule has 0 saturated carbocycles. The molecule has 0 amide bonds. The molecular formula is C51H30N4OS. The number of thiophene rings is 1. The molecule has 0 N–H and O–H groups in total. The fourth-order valence-electron chi connectivity index (χ4n) is 8.37. The Hall–Kier alpha value is -7.41. The maximum absolute atomic E-state index is 6.74. The lowest BCUT2D eigenvalue weighted by molar-refractivity contribution is 0.669. The van der Waals surface area contributed by atoms with Crippen LogP contribution in [0.5, 0.6) is 0 Å². The maximum Gasteiger partial charge on any atom is 0.167 e. The van der Waals surface area contributed by atoms with Crippen molar-refractivity contribution in [1.82, 2.24) is 19.5 Å². The molecule has 0 unspecified atom stereocenters. The van der Waals surface area contributed by atoms with Crippen molar-refractivity contribution in [2.24, 2.45) is 0 Å². The van der Waals surface area contributed by atoms with Crippen molar-refractivity contribution < 1.29 is 4.42 Å². The van der Waals surface area contributed by atoms with Gasteiger partial charge in [0.2, 0.25) is 0 Å². The molecule has 57 heavy (non-hydrogen) atoms. The lowest BCUT2D eigenvalue weighted by atomic mass is 10.0. The van der Waals surface area contributed by atoms with Crippen LogP contribution in [-0.4, -0.2) is 19.5 Å². The van der Waals surface area contributed by atoms with E-state index in [1.807, 2.05) is 78.1 Å². The lowest BCUT2D eigenvalue weighted by Crippen LogP contribution is -2.00. The predicted molar refractivity (Wildman–Crippen MR) is 236 cm³/mol. The molecule has 0 aliphatic carbocycles. The topological polar surface area (TPSA) is 56.7 Å². The molecule has 8 aromatic carbocycles. The van der Waals surface area contributed by atoms with E-state index in [4.69, 9.17) is 19.4 Å². The third kappa shape index (κ3) is 5.12. The minimum atomic E-state index is 0.573. The molecule has 0 fully saturated rings. The van der Waals surface area contributed by atoms with E-state index >= 15 is 0 Å². The standard InChI is InChI=1S/C51H30N4OS/c1-3-12-31(13-4-1)49-52-50(32-14-5-2-6-15-32)54-51(53-49)42-19-11-18-41-38-25-22-33(28-45(38)56-48(41)42)34-23-26-39-40-27-24-35(30-47(40)57-46(39)29-34)55-43-20-9-7-16-36(43)37-17-8-10-21-44(37)55/h1-30H. The molecule has 0 aliphatic heterocycles. The zero-order valence-electron chi connectivity index (χ0n) is 30.4. The molecule has 12 aromatic rings. The Bertz CT molecular complexity index is 3420. The predicted octanol–water partition coefficient (Wildman–Crippen LogP) is 13.9. The molecule has 4 aromatic heterocycles. The van der Waals surface area contributed by atoms with Crippen LogP contribution in [0.25, 0.3) is 115 Å². The van der Waals surface area contributed by atoms with Crippen LogP contribution < -0.4 is 0 Å². The van der Waals surface area contributed by atoms with E-state index in [1.54, 1.807) is 0 Å². The van der Waals surface area contributed by atoms with E-state index in [2.05, 4.69) is 120 Å². The number of fused-ring (bicyclic) bond motifs is 9. The molecule has 0 saturated heterocycles. The molecule has 266 valence electrons. The van der Waals surface area contributed by atoms with Crippen molar-refractivity contribution in [2.75, 3.05) is 0 Å². The van der Waals surface area contributed by atoms with Gasteiger partial charge >= 0.3 is 0 Å². The van der Waals surface area contributed by atoms with E-state index in [-0.39, 0.29) is 0 Å². The fraction of sp³-hybridized carbons (Fsp3) is 0. The number of hydrogen-bond donors (Lipinski definition) is 0. The van der Waals surface area contributed by atoms with Crippen LogP contribution in [0.3, 0.4) is 0 Å². The smallest absolute Gasteiger partial charge is 0.167 e. The maximum atomic E-state index is 6.74. The third-order valence-corrected chi connectivity index (χ3v) is 12.2. The first-order valence-corrected chi connectivity index (χ1v) is 19.8. The van der Waals surface area contributed by atoms with Crippen LogP contribution in [-0.2, 0) is 0 Å². The van der Waals surface area contributed by atoms with Gasteiger partial charge in [0, 0.05) is 58.5 Å². The molecule has 0 spiro atoms. The van der Waals surface area contributed by atoms with E-state index in [9.17, 15) is 0 Å². The Morgan fingerprint density at radius 2 is 0.930 bits per heavy atom. The highest BCUT2D eigenvalue weighted by molar-refractivity contribution is 7.25. The summed E-state index contributed by atoms with van der Waals surface area (Å²) in [6, 6.07) is 63.9. The summed E-state index contributed by atoms with van der Waals surface area (Å²) in [7, 11) is 0. The average Bonchev–Trinajstić information content (AvgIpc) is 3.95. The summed E-state index contributed by atoms with van der Waals surface area (Å²) in [5.41, 5.74) is 10.1. The number of aromatic nitrogens is 4. The zero-order valence-corrected chi connectivity index (χ0v) is 31.2. The first-order chi connectivity index (χ1) is 28.2. The first kappa shape index (κ1) is 31.9. The SMILES string of the molecule is c1ccc(-c2nc(-c3ccccc3)nc(-c3cccc4c3oc3cc(-c5ccc6c(c5)sc5cc(-n7c8ccccc8c8ccccc87)ccc56)ccc34)n2)cc1. The Morgan fingerprint density at radius 3 is 1.61 bits per heavy atom. The lowest BCUT2D eigenvalue weighted by Gasteiger charge is -2.08. The van der Waals surface area contributed by atoms with Crippen molar-refractivity contribution in [3.8, 4) is 51.0 Å². The minimum absolute atomic E-state index is 0.573. The van der Waals surface area contributed by atoms with Gasteiger partial charge in [-0.3, -0.25) is 0 Å². The van der Waals surface area contributed by atoms with Gasteiger partial charge in [-0.15, -0.1) is 11.3 Å². The Morgan fingerprint density at radius 1 is 0.386 bits per heavy atom.